The molecular formula is C48H26N20. The van der Waals surface area contributed by atoms with E-state index >= 15 is 0 Å². The van der Waals surface area contributed by atoms with Crippen molar-refractivity contribution in [1.82, 2.24) is 79.7 Å². The third-order valence-electron chi connectivity index (χ3n) is 12.6. The second-order valence-electron chi connectivity index (χ2n) is 16.5. The lowest BCUT2D eigenvalue weighted by Gasteiger charge is -2.09. The van der Waals surface area contributed by atoms with E-state index in [0.717, 1.165) is 21.5 Å². The zero-order valence-corrected chi connectivity index (χ0v) is 34.8. The number of aromatic nitrogens is 16. The highest BCUT2D eigenvalue weighted by Gasteiger charge is 2.29. The molecule has 0 unspecified atom stereocenters. The highest BCUT2D eigenvalue weighted by molar-refractivity contribution is 6.22. The molecule has 13 aromatic rings. The number of benzene rings is 4. The zero-order valence-electron chi connectivity index (χ0n) is 34.8. The van der Waals surface area contributed by atoms with E-state index in [2.05, 4.69) is 9.97 Å². The number of nitrogens with zero attached hydrogens (tertiary/aromatic N) is 14. The van der Waals surface area contributed by atoms with Crippen molar-refractivity contribution in [3.05, 3.63) is 97.6 Å². The molecule has 0 saturated carbocycles. The molecule has 8 bridgehead atoms. The summed E-state index contributed by atoms with van der Waals surface area (Å²) >= 11 is 0. The van der Waals surface area contributed by atoms with Crippen molar-refractivity contribution in [3.8, 4) is 46.1 Å². The second-order valence-corrected chi connectivity index (χ2v) is 16.5. The highest BCUT2D eigenvalue weighted by atomic mass is 15.1. The number of aromatic amines is 2. The Labute approximate surface area is 377 Å². The van der Waals surface area contributed by atoms with Crippen LogP contribution in [0.3, 0.4) is 0 Å². The van der Waals surface area contributed by atoms with Crippen LogP contribution in [0, 0.1) is 0 Å². The average Bonchev–Trinajstić information content (AvgIpc) is 4.08. The van der Waals surface area contributed by atoms with E-state index in [0.29, 0.717) is 134 Å². The Bertz CT molecular complexity index is 4110. The smallest absolute Gasteiger partial charge is 0.184 e. The van der Waals surface area contributed by atoms with E-state index in [1.165, 1.54) is 0 Å². The lowest BCUT2D eigenvalue weighted by atomic mass is 10.1. The molecule has 0 atom stereocenters. The second kappa shape index (κ2) is 12.7. The summed E-state index contributed by atoms with van der Waals surface area (Å²) in [5.41, 5.74) is 35.4. The van der Waals surface area contributed by atoms with Crippen LogP contribution in [-0.2, 0) is 0 Å². The third kappa shape index (κ3) is 4.85. The lowest BCUT2D eigenvalue weighted by molar-refractivity contribution is 1.18. The predicted molar refractivity (Wildman–Crippen MR) is 261 cm³/mol. The van der Waals surface area contributed by atoms with E-state index in [-0.39, 0.29) is 23.3 Å². The molecule has 20 heteroatoms. The Hall–Kier alpha value is -10.2. The number of anilines is 4. The number of nitrogens with two attached hydrogens (primary N) is 4. The van der Waals surface area contributed by atoms with Gasteiger partial charge in [0, 0.05) is 67.9 Å². The van der Waals surface area contributed by atoms with Gasteiger partial charge in [0.1, 0.15) is 45.4 Å². The molecule has 4 aromatic carbocycles. The molecule has 318 valence electrons. The van der Waals surface area contributed by atoms with E-state index in [4.69, 9.17) is 92.7 Å². The summed E-state index contributed by atoms with van der Waals surface area (Å²) in [6.45, 7) is 0. The largest absolute Gasteiger partial charge is 0.397 e. The maximum Gasteiger partial charge on any atom is 0.184 e. The average molecular weight is 883 g/mol. The van der Waals surface area contributed by atoms with Gasteiger partial charge in [-0.2, -0.15) is 0 Å². The number of nitrogens with one attached hydrogen (secondary N) is 2. The molecule has 0 aliphatic carbocycles. The minimum atomic E-state index is 0.219. The highest BCUT2D eigenvalue weighted by Crippen LogP contribution is 2.41. The standard InChI is InChI=1S/C48H26N20/c49-25-13-21-22(14-26(25)50)43-61-41(21)63-45-37-38(58-34-18-6-2-10-54-30(18)29-17(33(34)57-37)5-1-9-53-29)46(67-45)64-42-23-15-27(51)28(52)16-24(23)44(62-42)66-48-40-39(47(65-43)68-48)59-35-19-7-3-11-55-31(19)32-20(36(35)60-40)8-4-12-56-32/h1-16H,49-52H2,(H2,61,62,63,64,65,66,67,68). The van der Waals surface area contributed by atoms with Gasteiger partial charge in [0.05, 0.1) is 66.9 Å². The van der Waals surface area contributed by atoms with Crippen molar-refractivity contribution in [2.45, 2.75) is 0 Å². The monoisotopic (exact) mass is 882 g/mol. The zero-order chi connectivity index (χ0) is 45.1. The number of nitrogen functional groups attached to an aromatic ring is 4. The fraction of sp³-hybridized carbons (Fsp3) is 0. The van der Waals surface area contributed by atoms with E-state index in [9.17, 15) is 0 Å². The van der Waals surface area contributed by atoms with E-state index in [1.54, 1.807) is 49.1 Å². The van der Waals surface area contributed by atoms with Gasteiger partial charge in [-0.1, -0.05) is 0 Å². The summed E-state index contributed by atoms with van der Waals surface area (Å²) in [6, 6.07) is 22.2. The van der Waals surface area contributed by atoms with E-state index < -0.39 is 0 Å². The summed E-state index contributed by atoms with van der Waals surface area (Å²) in [5.74, 6) is 0.877. The van der Waals surface area contributed by atoms with Crippen molar-refractivity contribution < 1.29 is 0 Å². The molecule has 68 heavy (non-hydrogen) atoms. The minimum absolute atomic E-state index is 0.219. The van der Waals surface area contributed by atoms with Crippen LogP contribution >= 0.6 is 0 Å². The van der Waals surface area contributed by atoms with Crippen molar-refractivity contribution in [1.29, 1.82) is 0 Å². The van der Waals surface area contributed by atoms with Gasteiger partial charge >= 0.3 is 0 Å². The molecule has 2 aliphatic heterocycles. The maximum absolute atomic E-state index is 6.48. The lowest BCUT2D eigenvalue weighted by Crippen LogP contribution is -1.96. The number of rotatable bonds is 0. The maximum atomic E-state index is 6.48. The van der Waals surface area contributed by atoms with Crippen molar-refractivity contribution in [2.24, 2.45) is 0 Å². The first-order valence-electron chi connectivity index (χ1n) is 21.2. The van der Waals surface area contributed by atoms with Crippen LogP contribution in [-0.4, -0.2) is 79.7 Å². The van der Waals surface area contributed by atoms with Crippen LogP contribution in [0.15, 0.2) is 97.6 Å². The van der Waals surface area contributed by atoms with Gasteiger partial charge in [0.15, 0.2) is 23.3 Å². The van der Waals surface area contributed by atoms with Gasteiger partial charge in [-0.05, 0) is 72.8 Å². The minimum Gasteiger partial charge on any atom is -0.397 e. The SMILES string of the molecule is Nc1cc2c3nc4nc(nc5[nH]c(nc6nc(nc([nH]3)c2cc1N)-c1nc2c3cccnc3c3ncccc3c2nc1-6)c1cc(N)c(N)cc51)-c1nc2c3cccnc3c3ncccc3c2nc1-4. The topological polar surface area (TPSA) is 316 Å². The van der Waals surface area contributed by atoms with Crippen LogP contribution in [0.5, 0.6) is 0 Å². The first-order chi connectivity index (χ1) is 33.3. The summed E-state index contributed by atoms with van der Waals surface area (Å²) in [6.07, 6.45) is 6.92. The molecule has 0 radical (unpaired) electrons. The normalized spacial score (nSPS) is 12.4. The first-order valence-corrected chi connectivity index (χ1v) is 21.2. The Morgan fingerprint density at radius 3 is 0.779 bits per heavy atom. The van der Waals surface area contributed by atoms with E-state index in [1.807, 2.05) is 48.5 Å². The van der Waals surface area contributed by atoms with Crippen LogP contribution in [0.4, 0.5) is 22.7 Å². The first kappa shape index (κ1) is 36.1. The molecule has 0 saturated heterocycles. The van der Waals surface area contributed by atoms with Gasteiger partial charge in [-0.15, -0.1) is 0 Å². The quantitative estimate of drug-likeness (QED) is 0.0643. The Morgan fingerprint density at radius 1 is 0.279 bits per heavy atom. The van der Waals surface area contributed by atoms with Crippen LogP contribution in [0.25, 0.3) is 156 Å². The molecule has 20 nitrogen and oxygen atoms in total. The fourth-order valence-corrected chi connectivity index (χ4v) is 9.43. The van der Waals surface area contributed by atoms with Crippen molar-refractivity contribution >= 4 is 133 Å². The molecule has 0 fully saturated rings. The number of hydrogen-bond acceptors (Lipinski definition) is 18. The molecular weight excluding hydrogens is 857 g/mol. The summed E-state index contributed by atoms with van der Waals surface area (Å²) in [7, 11) is 0. The summed E-state index contributed by atoms with van der Waals surface area (Å²) in [5, 5.41) is 5.47. The predicted octanol–water partition coefficient (Wildman–Crippen LogP) is 7.28. The van der Waals surface area contributed by atoms with Crippen LogP contribution < -0.4 is 22.9 Å². The molecule has 9 aromatic heterocycles. The number of hydrogen-bond donors (Lipinski definition) is 6. The number of H-pyrrole nitrogens is 2. The Morgan fingerprint density at radius 2 is 0.529 bits per heavy atom. The molecule has 11 heterocycles. The van der Waals surface area contributed by atoms with Crippen molar-refractivity contribution in [3.63, 3.8) is 0 Å². The number of pyridine rings is 4. The fourth-order valence-electron chi connectivity index (χ4n) is 9.43. The van der Waals surface area contributed by atoms with Crippen LogP contribution in [0.2, 0.25) is 0 Å². The Balaban J connectivity index is 1.12. The number of fused-ring (bicyclic) bond motifs is 32. The van der Waals surface area contributed by atoms with Gasteiger partial charge in [-0.3, -0.25) is 19.9 Å². The summed E-state index contributed by atoms with van der Waals surface area (Å²) in [4.78, 5) is 77.5. The molecule has 0 amide bonds. The molecule has 0 spiro atoms. The molecule has 10 N–H and O–H groups in total. The van der Waals surface area contributed by atoms with Gasteiger partial charge in [0.2, 0.25) is 0 Å². The van der Waals surface area contributed by atoms with Crippen molar-refractivity contribution in [2.75, 3.05) is 22.9 Å². The van der Waals surface area contributed by atoms with Gasteiger partial charge in [0.25, 0.3) is 0 Å². The summed E-state index contributed by atoms with van der Waals surface area (Å²) < 4.78 is 0. The molecule has 2 aliphatic rings. The van der Waals surface area contributed by atoms with Gasteiger partial charge in [-0.25, -0.2) is 49.8 Å². The molecule has 15 rings (SSSR count). The third-order valence-corrected chi connectivity index (χ3v) is 12.6. The van der Waals surface area contributed by atoms with Crippen LogP contribution in [0.1, 0.15) is 0 Å². The van der Waals surface area contributed by atoms with Gasteiger partial charge < -0.3 is 32.9 Å². The Kier molecular flexibility index (Phi) is 6.76.